The van der Waals surface area contributed by atoms with E-state index < -0.39 is 6.04 Å². The van der Waals surface area contributed by atoms with Crippen molar-refractivity contribution in [2.24, 2.45) is 0 Å². The van der Waals surface area contributed by atoms with Crippen molar-refractivity contribution in [3.05, 3.63) is 113 Å². The van der Waals surface area contributed by atoms with Gasteiger partial charge >= 0.3 is 0 Å². The Morgan fingerprint density at radius 1 is 0.846 bits per heavy atom. The average molecular weight is 336 g/mol. The summed E-state index contributed by atoms with van der Waals surface area (Å²) in [5.41, 5.74) is 4.36. The van der Waals surface area contributed by atoms with Crippen molar-refractivity contribution in [3.8, 4) is 6.07 Å². The minimum Gasteiger partial charge on any atom is -0.294 e. The second kappa shape index (κ2) is 6.70. The fraction of sp³-hybridized carbons (Fsp3) is 0.0435. The van der Waals surface area contributed by atoms with Crippen LogP contribution in [0.15, 0.2) is 91.1 Å². The number of benzene rings is 3. The number of nitriles is 1. The third-order valence-corrected chi connectivity index (χ3v) is 4.55. The Labute approximate surface area is 152 Å². The molecule has 0 fully saturated rings. The van der Waals surface area contributed by atoms with Crippen LogP contribution in [0.1, 0.15) is 33.1 Å². The molecule has 0 N–H and O–H groups in total. The first kappa shape index (κ1) is 15.9. The summed E-state index contributed by atoms with van der Waals surface area (Å²) in [6.07, 6.45) is 1.81. The van der Waals surface area contributed by atoms with E-state index in [1.807, 2.05) is 72.8 Å². The van der Waals surface area contributed by atoms with Crippen molar-refractivity contribution in [3.63, 3.8) is 0 Å². The molecule has 4 rings (SSSR count). The van der Waals surface area contributed by atoms with Gasteiger partial charge in [0, 0.05) is 17.3 Å². The molecule has 3 nitrogen and oxygen atoms in total. The number of hydrogen-bond acceptors (Lipinski definition) is 2. The van der Waals surface area contributed by atoms with Crippen LogP contribution in [0.4, 0.5) is 0 Å². The van der Waals surface area contributed by atoms with E-state index >= 15 is 0 Å². The van der Waals surface area contributed by atoms with E-state index in [1.165, 1.54) is 0 Å². The number of carbonyl (C=O) groups excluding carboxylic acids is 1. The van der Waals surface area contributed by atoms with Gasteiger partial charge in [0.15, 0.2) is 0 Å². The fourth-order valence-corrected chi connectivity index (χ4v) is 3.30. The summed E-state index contributed by atoms with van der Waals surface area (Å²) in [5.74, 6) is -0.180. The zero-order chi connectivity index (χ0) is 17.9. The van der Waals surface area contributed by atoms with Gasteiger partial charge in [-0.2, -0.15) is 5.26 Å². The molecule has 3 heteroatoms. The predicted molar refractivity (Wildman–Crippen MR) is 101 cm³/mol. The third kappa shape index (κ3) is 2.68. The Morgan fingerprint density at radius 3 is 2.15 bits per heavy atom. The van der Waals surface area contributed by atoms with Crippen LogP contribution in [0.2, 0.25) is 0 Å². The summed E-state index contributed by atoms with van der Waals surface area (Å²) in [7, 11) is 0. The van der Waals surface area contributed by atoms with Crippen LogP contribution >= 0.6 is 0 Å². The van der Waals surface area contributed by atoms with Crippen LogP contribution in [-0.4, -0.2) is 10.8 Å². The molecule has 1 aliphatic rings. The summed E-state index contributed by atoms with van der Waals surface area (Å²) in [4.78, 5) is 14.6. The monoisotopic (exact) mass is 336 g/mol. The molecule has 0 spiro atoms. The van der Waals surface area contributed by atoms with E-state index in [-0.39, 0.29) is 5.91 Å². The maximum atomic E-state index is 13.1. The normalized spacial score (nSPS) is 15.6. The number of carbonyl (C=O) groups is 1. The number of nitrogens with zero attached hydrogens (tertiary/aromatic N) is 2. The second-order valence-electron chi connectivity index (χ2n) is 6.11. The zero-order valence-corrected chi connectivity index (χ0v) is 14.0. The van der Waals surface area contributed by atoms with Crippen molar-refractivity contribution in [1.82, 2.24) is 4.90 Å². The first-order valence-corrected chi connectivity index (χ1v) is 8.43. The van der Waals surface area contributed by atoms with Crippen molar-refractivity contribution < 1.29 is 4.79 Å². The first-order valence-electron chi connectivity index (χ1n) is 8.43. The van der Waals surface area contributed by atoms with Gasteiger partial charge < -0.3 is 0 Å². The molecule has 1 aliphatic heterocycles. The highest BCUT2D eigenvalue weighted by Crippen LogP contribution is 2.38. The van der Waals surface area contributed by atoms with Crippen molar-refractivity contribution in [2.75, 3.05) is 0 Å². The Bertz CT molecular complexity index is 1020. The maximum Gasteiger partial charge on any atom is 0.259 e. The molecular formula is C23H16N2O. The second-order valence-corrected chi connectivity index (χ2v) is 6.11. The van der Waals surface area contributed by atoms with E-state index in [2.05, 4.69) is 6.07 Å². The van der Waals surface area contributed by atoms with Crippen molar-refractivity contribution in [1.29, 1.82) is 5.26 Å². The lowest BCUT2D eigenvalue weighted by Crippen LogP contribution is -2.33. The molecule has 1 amide bonds. The standard InChI is InChI=1S/C23H16N2O/c24-15-22-20-14-8-7-13-19(20)21(17-9-3-1-4-10-17)16-25(22)23(26)18-11-5-2-6-12-18/h1-14,16,22H. The fourth-order valence-electron chi connectivity index (χ4n) is 3.30. The summed E-state index contributed by atoms with van der Waals surface area (Å²) in [6.45, 7) is 0. The molecule has 0 radical (unpaired) electrons. The summed E-state index contributed by atoms with van der Waals surface area (Å²) >= 11 is 0. The number of hydrogen-bond donors (Lipinski definition) is 0. The Balaban J connectivity index is 1.89. The molecule has 0 bridgehead atoms. The van der Waals surface area contributed by atoms with Crippen LogP contribution < -0.4 is 0 Å². The summed E-state index contributed by atoms with van der Waals surface area (Å²) < 4.78 is 0. The van der Waals surface area contributed by atoms with E-state index in [9.17, 15) is 10.1 Å². The van der Waals surface area contributed by atoms with Crippen molar-refractivity contribution >= 4 is 11.5 Å². The van der Waals surface area contributed by atoms with Crippen LogP contribution in [0, 0.1) is 11.3 Å². The topological polar surface area (TPSA) is 44.1 Å². The molecule has 1 atom stereocenters. The lowest BCUT2D eigenvalue weighted by atomic mass is 9.87. The van der Waals surface area contributed by atoms with Gasteiger partial charge in [-0.05, 0) is 28.8 Å². The Morgan fingerprint density at radius 2 is 1.46 bits per heavy atom. The highest BCUT2D eigenvalue weighted by molar-refractivity contribution is 5.98. The SMILES string of the molecule is N#CC1c2ccccc2C(c2ccccc2)=CN1C(=O)c1ccccc1. The van der Waals surface area contributed by atoms with Crippen LogP contribution in [0.5, 0.6) is 0 Å². The van der Waals surface area contributed by atoms with Crippen LogP contribution in [0.3, 0.4) is 0 Å². The van der Waals surface area contributed by atoms with Gasteiger partial charge in [0.05, 0.1) is 6.07 Å². The highest BCUT2D eigenvalue weighted by Gasteiger charge is 2.31. The molecule has 0 saturated heterocycles. The predicted octanol–water partition coefficient (Wildman–Crippen LogP) is 4.80. The van der Waals surface area contributed by atoms with E-state index in [0.29, 0.717) is 5.56 Å². The molecule has 0 aromatic heterocycles. The van der Waals surface area contributed by atoms with E-state index in [0.717, 1.165) is 22.3 Å². The maximum absolute atomic E-state index is 13.1. The van der Waals surface area contributed by atoms with Crippen molar-refractivity contribution in [2.45, 2.75) is 6.04 Å². The Hall–Kier alpha value is -3.64. The lowest BCUT2D eigenvalue weighted by molar-refractivity contribution is 0.0793. The number of fused-ring (bicyclic) bond motifs is 1. The molecule has 124 valence electrons. The molecule has 3 aromatic carbocycles. The van der Waals surface area contributed by atoms with Gasteiger partial charge in [0.25, 0.3) is 5.91 Å². The van der Waals surface area contributed by atoms with Gasteiger partial charge in [-0.1, -0.05) is 72.8 Å². The molecule has 26 heavy (non-hydrogen) atoms. The van der Waals surface area contributed by atoms with Gasteiger partial charge in [0.2, 0.25) is 0 Å². The first-order chi connectivity index (χ1) is 12.8. The summed E-state index contributed by atoms with van der Waals surface area (Å²) in [6, 6.07) is 28.4. The van der Waals surface area contributed by atoms with E-state index in [1.54, 1.807) is 23.2 Å². The van der Waals surface area contributed by atoms with Gasteiger partial charge in [-0.25, -0.2) is 0 Å². The van der Waals surface area contributed by atoms with Gasteiger partial charge in [-0.15, -0.1) is 0 Å². The zero-order valence-electron chi connectivity index (χ0n) is 14.0. The smallest absolute Gasteiger partial charge is 0.259 e. The van der Waals surface area contributed by atoms with Gasteiger partial charge in [0.1, 0.15) is 6.04 Å². The Kier molecular flexibility index (Phi) is 4.09. The summed E-state index contributed by atoms with van der Waals surface area (Å²) in [5, 5.41) is 9.79. The molecule has 0 saturated carbocycles. The molecule has 1 heterocycles. The molecular weight excluding hydrogens is 320 g/mol. The molecule has 3 aromatic rings. The van der Waals surface area contributed by atoms with E-state index in [4.69, 9.17) is 0 Å². The number of rotatable bonds is 2. The minimum atomic E-state index is -0.647. The molecule has 1 unspecified atom stereocenters. The lowest BCUT2D eigenvalue weighted by Gasteiger charge is -2.32. The molecule has 0 aliphatic carbocycles. The van der Waals surface area contributed by atoms with Gasteiger partial charge in [-0.3, -0.25) is 9.69 Å². The number of amides is 1. The third-order valence-electron chi connectivity index (χ3n) is 4.55. The largest absolute Gasteiger partial charge is 0.294 e. The highest BCUT2D eigenvalue weighted by atomic mass is 16.2. The van der Waals surface area contributed by atoms with Crippen LogP contribution in [0.25, 0.3) is 5.57 Å². The average Bonchev–Trinajstić information content (AvgIpc) is 2.73. The quantitative estimate of drug-likeness (QED) is 0.675. The van der Waals surface area contributed by atoms with Crippen LogP contribution in [-0.2, 0) is 0 Å². The minimum absolute atomic E-state index is 0.180.